The van der Waals surface area contributed by atoms with E-state index in [0.717, 1.165) is 31.6 Å². The number of para-hydroxylation sites is 1. The van der Waals surface area contributed by atoms with Crippen LogP contribution < -0.4 is 4.74 Å². The van der Waals surface area contributed by atoms with Crippen molar-refractivity contribution in [2.45, 2.75) is 37.0 Å². The fraction of sp³-hybridized carbons (Fsp3) is 0.467. The number of hydrogen-bond acceptors (Lipinski definition) is 1. The molecule has 0 aromatic heterocycles. The largest absolute Gasteiger partial charge is 0.493 e. The zero-order valence-corrected chi connectivity index (χ0v) is 10.6. The van der Waals surface area contributed by atoms with Gasteiger partial charge in [0.05, 0.1) is 12.0 Å². The fourth-order valence-corrected chi connectivity index (χ4v) is 3.15. The van der Waals surface area contributed by atoms with Crippen LogP contribution in [0.25, 0.3) is 0 Å². The average Bonchev–Trinajstić information content (AvgIpc) is 2.75. The lowest BCUT2D eigenvalue weighted by Crippen LogP contribution is -2.14. The molecular weight excluding hydrogens is 232 g/mol. The predicted molar refractivity (Wildman–Crippen MR) is 70.9 cm³/mol. The average molecular weight is 249 g/mol. The Morgan fingerprint density at radius 3 is 2.94 bits per heavy atom. The van der Waals surface area contributed by atoms with E-state index in [1.54, 1.807) is 0 Å². The van der Waals surface area contributed by atoms with Crippen LogP contribution >= 0.6 is 11.6 Å². The highest BCUT2D eigenvalue weighted by molar-refractivity contribution is 6.22. The highest BCUT2D eigenvalue weighted by Crippen LogP contribution is 2.39. The number of allylic oxidation sites excluding steroid dienone is 2. The minimum atomic E-state index is 0.264. The van der Waals surface area contributed by atoms with Gasteiger partial charge in [0.25, 0.3) is 0 Å². The molecule has 0 saturated carbocycles. The van der Waals surface area contributed by atoms with Crippen molar-refractivity contribution in [3.8, 4) is 5.75 Å². The molecule has 0 spiro atoms. The molecule has 0 amide bonds. The molecule has 1 aromatic rings. The Bertz CT molecular complexity index is 438. The van der Waals surface area contributed by atoms with Gasteiger partial charge in [0.15, 0.2) is 0 Å². The highest BCUT2D eigenvalue weighted by Gasteiger charge is 2.23. The molecule has 2 aliphatic rings. The molecular formula is C15H17ClO. The summed E-state index contributed by atoms with van der Waals surface area (Å²) in [6.45, 7) is 0.846. The molecule has 0 radical (unpaired) electrons. The number of ether oxygens (including phenoxy) is 1. The fourth-order valence-electron chi connectivity index (χ4n) is 2.86. The predicted octanol–water partition coefficient (Wildman–Crippen LogP) is 4.27. The SMILES string of the molecule is ClC1C=C(CC2CCOc3ccccc32)CC1. The van der Waals surface area contributed by atoms with E-state index in [1.807, 2.05) is 6.07 Å². The third-order valence-corrected chi connectivity index (χ3v) is 4.09. The van der Waals surface area contributed by atoms with E-state index in [-0.39, 0.29) is 5.38 Å². The Kier molecular flexibility index (Phi) is 3.11. The molecule has 1 nitrogen and oxygen atoms in total. The van der Waals surface area contributed by atoms with Crippen LogP contribution in [0, 0.1) is 0 Å². The van der Waals surface area contributed by atoms with Gasteiger partial charge in [-0.2, -0.15) is 0 Å². The summed E-state index contributed by atoms with van der Waals surface area (Å²) in [6, 6.07) is 8.43. The smallest absolute Gasteiger partial charge is 0.122 e. The number of rotatable bonds is 2. The van der Waals surface area contributed by atoms with Crippen LogP contribution in [-0.2, 0) is 0 Å². The lowest BCUT2D eigenvalue weighted by molar-refractivity contribution is 0.266. The van der Waals surface area contributed by atoms with E-state index in [1.165, 1.54) is 17.6 Å². The first-order valence-electron chi connectivity index (χ1n) is 6.38. The summed E-state index contributed by atoms with van der Waals surface area (Å²) in [5.41, 5.74) is 2.91. The Morgan fingerprint density at radius 1 is 1.24 bits per heavy atom. The van der Waals surface area contributed by atoms with Gasteiger partial charge >= 0.3 is 0 Å². The van der Waals surface area contributed by atoms with Gasteiger partial charge in [0, 0.05) is 0 Å². The highest BCUT2D eigenvalue weighted by atomic mass is 35.5. The lowest BCUT2D eigenvalue weighted by atomic mass is 9.87. The van der Waals surface area contributed by atoms with Crippen molar-refractivity contribution in [2.75, 3.05) is 6.61 Å². The third-order valence-electron chi connectivity index (χ3n) is 3.75. The summed E-state index contributed by atoms with van der Waals surface area (Å²) in [5, 5.41) is 0.264. The van der Waals surface area contributed by atoms with Crippen molar-refractivity contribution in [2.24, 2.45) is 0 Å². The van der Waals surface area contributed by atoms with Crippen molar-refractivity contribution in [1.29, 1.82) is 0 Å². The molecule has 2 unspecified atom stereocenters. The normalized spacial score (nSPS) is 27.2. The second kappa shape index (κ2) is 4.73. The Labute approximate surface area is 107 Å². The van der Waals surface area contributed by atoms with Crippen molar-refractivity contribution in [3.63, 3.8) is 0 Å². The summed E-state index contributed by atoms with van der Waals surface area (Å²) in [5.74, 6) is 1.69. The minimum absolute atomic E-state index is 0.264. The Hall–Kier alpha value is -0.950. The number of benzene rings is 1. The van der Waals surface area contributed by atoms with E-state index in [0.29, 0.717) is 5.92 Å². The van der Waals surface area contributed by atoms with Crippen LogP contribution in [0.4, 0.5) is 0 Å². The molecule has 0 bridgehead atoms. The minimum Gasteiger partial charge on any atom is -0.493 e. The van der Waals surface area contributed by atoms with Gasteiger partial charge in [0.1, 0.15) is 5.75 Å². The van der Waals surface area contributed by atoms with Crippen molar-refractivity contribution in [1.82, 2.24) is 0 Å². The number of hydrogen-bond donors (Lipinski definition) is 0. The van der Waals surface area contributed by atoms with Gasteiger partial charge in [-0.25, -0.2) is 0 Å². The molecule has 0 fully saturated rings. The van der Waals surface area contributed by atoms with Crippen LogP contribution in [0.2, 0.25) is 0 Å². The van der Waals surface area contributed by atoms with Gasteiger partial charge in [0.2, 0.25) is 0 Å². The molecule has 0 N–H and O–H groups in total. The van der Waals surface area contributed by atoms with Gasteiger partial charge < -0.3 is 4.74 Å². The first-order valence-corrected chi connectivity index (χ1v) is 6.82. The summed E-state index contributed by atoms with van der Waals surface area (Å²) in [7, 11) is 0. The van der Waals surface area contributed by atoms with Crippen molar-refractivity contribution in [3.05, 3.63) is 41.5 Å². The number of halogens is 1. The van der Waals surface area contributed by atoms with Gasteiger partial charge in [-0.05, 0) is 43.2 Å². The zero-order valence-electron chi connectivity index (χ0n) is 9.86. The van der Waals surface area contributed by atoms with E-state index < -0.39 is 0 Å². The first kappa shape index (κ1) is 11.2. The molecule has 3 rings (SSSR count). The summed E-state index contributed by atoms with van der Waals surface area (Å²) in [4.78, 5) is 0. The number of fused-ring (bicyclic) bond motifs is 1. The van der Waals surface area contributed by atoms with E-state index in [4.69, 9.17) is 16.3 Å². The van der Waals surface area contributed by atoms with Crippen LogP contribution in [0.5, 0.6) is 5.75 Å². The van der Waals surface area contributed by atoms with Gasteiger partial charge in [-0.3, -0.25) is 0 Å². The monoisotopic (exact) mass is 248 g/mol. The molecule has 1 aliphatic carbocycles. The second-order valence-corrected chi connectivity index (χ2v) is 5.52. The second-order valence-electron chi connectivity index (χ2n) is 4.96. The van der Waals surface area contributed by atoms with Crippen molar-refractivity contribution >= 4 is 11.6 Å². The van der Waals surface area contributed by atoms with Crippen LogP contribution in [0.1, 0.15) is 37.2 Å². The molecule has 90 valence electrons. The zero-order chi connectivity index (χ0) is 11.7. The number of alkyl halides is 1. The van der Waals surface area contributed by atoms with Gasteiger partial charge in [-0.15, -0.1) is 11.6 Å². The summed E-state index contributed by atoms with van der Waals surface area (Å²) < 4.78 is 5.69. The van der Waals surface area contributed by atoms with Crippen LogP contribution in [0.3, 0.4) is 0 Å². The first-order chi connectivity index (χ1) is 8.33. The van der Waals surface area contributed by atoms with E-state index in [2.05, 4.69) is 24.3 Å². The molecule has 1 aromatic carbocycles. The maximum absolute atomic E-state index is 6.12. The van der Waals surface area contributed by atoms with Crippen molar-refractivity contribution < 1.29 is 4.74 Å². The molecule has 17 heavy (non-hydrogen) atoms. The summed E-state index contributed by atoms with van der Waals surface area (Å²) in [6.07, 6.45) is 6.82. The Balaban J connectivity index is 1.79. The molecule has 2 atom stereocenters. The summed E-state index contributed by atoms with van der Waals surface area (Å²) >= 11 is 6.12. The quantitative estimate of drug-likeness (QED) is 0.561. The van der Waals surface area contributed by atoms with Gasteiger partial charge in [-0.1, -0.05) is 29.8 Å². The molecule has 0 saturated heterocycles. The molecule has 1 heterocycles. The lowest BCUT2D eigenvalue weighted by Gasteiger charge is -2.26. The van der Waals surface area contributed by atoms with E-state index >= 15 is 0 Å². The van der Waals surface area contributed by atoms with Crippen LogP contribution in [-0.4, -0.2) is 12.0 Å². The molecule has 1 aliphatic heterocycles. The standard InChI is InChI=1S/C15H17ClO/c16-13-6-5-11(10-13)9-12-7-8-17-15-4-2-1-3-14(12)15/h1-4,10,12-13H,5-9H2. The van der Waals surface area contributed by atoms with E-state index in [9.17, 15) is 0 Å². The molecule has 2 heteroatoms. The Morgan fingerprint density at radius 2 is 2.12 bits per heavy atom. The topological polar surface area (TPSA) is 9.23 Å². The third kappa shape index (κ3) is 2.35. The van der Waals surface area contributed by atoms with Crippen LogP contribution in [0.15, 0.2) is 35.9 Å². The maximum atomic E-state index is 6.12. The maximum Gasteiger partial charge on any atom is 0.122 e.